The largest absolute Gasteiger partial charge is 0.508 e. The van der Waals surface area contributed by atoms with E-state index in [2.05, 4.69) is 15.2 Å². The van der Waals surface area contributed by atoms with E-state index in [9.17, 15) is 14.7 Å². The first-order valence-electron chi connectivity index (χ1n) is 10.1. The van der Waals surface area contributed by atoms with Crippen molar-refractivity contribution in [2.24, 2.45) is 0 Å². The normalized spacial score (nSPS) is 13.2. The Morgan fingerprint density at radius 1 is 1.00 bits per heavy atom. The van der Waals surface area contributed by atoms with Gasteiger partial charge in [0.1, 0.15) is 5.75 Å². The molecule has 0 spiro atoms. The smallest absolute Gasteiger partial charge is 0.259 e. The van der Waals surface area contributed by atoms with Gasteiger partial charge >= 0.3 is 0 Å². The number of hydrogen-bond donors (Lipinski definition) is 3. The molecule has 1 aromatic heterocycles. The van der Waals surface area contributed by atoms with Gasteiger partial charge < -0.3 is 15.0 Å². The second-order valence-electron chi connectivity index (χ2n) is 7.64. The minimum absolute atomic E-state index is 0.107. The number of phenolic OH excluding ortho intramolecular Hbond substituents is 1. The number of carbonyl (C=O) groups excluding carboxylic acids is 2. The van der Waals surface area contributed by atoms with Gasteiger partial charge in [-0.25, -0.2) is 0 Å². The van der Waals surface area contributed by atoms with Gasteiger partial charge in [0.05, 0.1) is 16.6 Å². The molecule has 5 rings (SSSR count). The van der Waals surface area contributed by atoms with Crippen molar-refractivity contribution in [3.05, 3.63) is 64.7 Å². The first-order chi connectivity index (χ1) is 15.0. The molecule has 1 aliphatic heterocycles. The third kappa shape index (κ3) is 2.99. The monoisotopic (exact) mass is 433 g/mol. The number of hydrogen-bond acceptors (Lipinski definition) is 4. The van der Waals surface area contributed by atoms with Crippen molar-refractivity contribution in [1.29, 1.82) is 0 Å². The van der Waals surface area contributed by atoms with E-state index in [0.29, 0.717) is 39.2 Å². The topological polar surface area (TPSA) is 83.4 Å². The number of imide groups is 1. The van der Waals surface area contributed by atoms with Crippen molar-refractivity contribution in [1.82, 2.24) is 15.2 Å². The molecular weight excluding hydrogens is 414 g/mol. The molecule has 0 saturated carbocycles. The molecule has 0 unspecified atom stereocenters. The van der Waals surface area contributed by atoms with E-state index >= 15 is 0 Å². The number of carbonyl (C=O) groups is 2. The Morgan fingerprint density at radius 2 is 1.77 bits per heavy atom. The molecule has 156 valence electrons. The fourth-order valence-electron chi connectivity index (χ4n) is 4.48. The van der Waals surface area contributed by atoms with E-state index in [-0.39, 0.29) is 5.75 Å². The Labute approximate surface area is 183 Å². The lowest BCUT2D eigenvalue weighted by Crippen LogP contribution is -2.20. The zero-order chi connectivity index (χ0) is 21.7. The number of aromatic nitrogens is 1. The first-order valence-corrected chi connectivity index (χ1v) is 10.5. The molecule has 0 fully saturated rings. The number of nitrogens with one attached hydrogen (secondary N) is 2. The zero-order valence-electron chi connectivity index (χ0n) is 16.8. The fraction of sp³-hybridized carbons (Fsp3) is 0.167. The molecule has 7 heteroatoms. The van der Waals surface area contributed by atoms with Crippen molar-refractivity contribution in [2.45, 2.75) is 13.0 Å². The number of amides is 2. The summed E-state index contributed by atoms with van der Waals surface area (Å²) in [6.45, 7) is 1.54. The molecule has 0 radical (unpaired) electrons. The maximum absolute atomic E-state index is 12.9. The molecule has 31 heavy (non-hydrogen) atoms. The number of nitrogens with zero attached hydrogens (tertiary/aromatic N) is 1. The van der Waals surface area contributed by atoms with Crippen molar-refractivity contribution >= 4 is 45.2 Å². The van der Waals surface area contributed by atoms with Gasteiger partial charge in [0.15, 0.2) is 0 Å². The quantitative estimate of drug-likeness (QED) is 0.323. The van der Waals surface area contributed by atoms with Crippen LogP contribution in [0.1, 0.15) is 27.1 Å². The van der Waals surface area contributed by atoms with Gasteiger partial charge in [-0.15, -0.1) is 0 Å². The van der Waals surface area contributed by atoms with Gasteiger partial charge in [0, 0.05) is 33.4 Å². The van der Waals surface area contributed by atoms with Gasteiger partial charge in [0.2, 0.25) is 0 Å². The Balaban J connectivity index is 1.93. The van der Waals surface area contributed by atoms with Crippen LogP contribution in [0.3, 0.4) is 0 Å². The standard InChI is InChI=1S/C24H20ClN3O3/c1-26-9-4-10-28-18-8-7-13(29)11-16(18)20-19(28)12-15(14-5-2-3-6-17(14)25)21-22(20)24(31)27-23(21)30/h2-3,5-8,11-12,26,29H,4,9-10H2,1H3,(H,27,30,31). The number of halogens is 1. The lowest BCUT2D eigenvalue weighted by atomic mass is 9.93. The lowest BCUT2D eigenvalue weighted by Gasteiger charge is -2.12. The number of aryl methyl sites for hydroxylation is 1. The molecule has 6 nitrogen and oxygen atoms in total. The highest BCUT2D eigenvalue weighted by Crippen LogP contribution is 2.42. The van der Waals surface area contributed by atoms with Crippen molar-refractivity contribution in [3.63, 3.8) is 0 Å². The highest BCUT2D eigenvalue weighted by Gasteiger charge is 2.34. The highest BCUT2D eigenvalue weighted by atomic mass is 35.5. The van der Waals surface area contributed by atoms with Crippen molar-refractivity contribution in [3.8, 4) is 16.9 Å². The van der Waals surface area contributed by atoms with Crippen LogP contribution in [-0.2, 0) is 6.54 Å². The average molecular weight is 434 g/mol. The number of rotatable bonds is 5. The van der Waals surface area contributed by atoms with Crippen LogP contribution in [-0.4, -0.2) is 35.1 Å². The molecule has 2 heterocycles. The molecule has 4 aromatic rings. The Hall–Kier alpha value is -3.35. The molecule has 3 N–H and O–H groups in total. The van der Waals surface area contributed by atoms with Crippen LogP contribution >= 0.6 is 11.6 Å². The van der Waals surface area contributed by atoms with E-state index in [1.165, 1.54) is 0 Å². The number of phenols is 1. The minimum atomic E-state index is -0.437. The molecule has 2 amide bonds. The summed E-state index contributed by atoms with van der Waals surface area (Å²) in [5, 5.41) is 17.7. The van der Waals surface area contributed by atoms with Gasteiger partial charge in [-0.3, -0.25) is 14.9 Å². The second kappa shape index (κ2) is 7.41. The summed E-state index contributed by atoms with van der Waals surface area (Å²) in [5.41, 5.74) is 3.70. The predicted molar refractivity (Wildman–Crippen MR) is 122 cm³/mol. The van der Waals surface area contributed by atoms with Crippen LogP contribution in [0, 0.1) is 0 Å². The molecular formula is C24H20ClN3O3. The molecule has 0 aliphatic carbocycles. The summed E-state index contributed by atoms with van der Waals surface area (Å²) in [7, 11) is 1.91. The summed E-state index contributed by atoms with van der Waals surface area (Å²) in [5.74, 6) is -0.764. The summed E-state index contributed by atoms with van der Waals surface area (Å²) in [6.07, 6.45) is 0.875. The van der Waals surface area contributed by atoms with Crippen molar-refractivity contribution < 1.29 is 14.7 Å². The maximum Gasteiger partial charge on any atom is 0.259 e. The number of aromatic hydroxyl groups is 1. The lowest BCUT2D eigenvalue weighted by molar-refractivity contribution is 0.0880. The van der Waals surface area contributed by atoms with E-state index in [1.54, 1.807) is 18.2 Å². The van der Waals surface area contributed by atoms with Gasteiger partial charge in [-0.1, -0.05) is 29.8 Å². The highest BCUT2D eigenvalue weighted by molar-refractivity contribution is 6.36. The zero-order valence-corrected chi connectivity index (χ0v) is 17.6. The average Bonchev–Trinajstić information content (AvgIpc) is 3.21. The fourth-order valence-corrected chi connectivity index (χ4v) is 4.72. The molecule has 0 atom stereocenters. The molecule has 3 aromatic carbocycles. The van der Waals surface area contributed by atoms with E-state index in [4.69, 9.17) is 11.6 Å². The summed E-state index contributed by atoms with van der Waals surface area (Å²) in [6, 6.07) is 14.4. The van der Waals surface area contributed by atoms with Crippen molar-refractivity contribution in [2.75, 3.05) is 13.6 Å². The summed E-state index contributed by atoms with van der Waals surface area (Å²) < 4.78 is 2.14. The van der Waals surface area contributed by atoms with Crippen LogP contribution in [0.5, 0.6) is 5.75 Å². The second-order valence-corrected chi connectivity index (χ2v) is 8.05. The third-order valence-electron chi connectivity index (χ3n) is 5.79. The SMILES string of the molecule is CNCCCn1c2ccc(O)cc2c2c3c(c(-c4ccccc4Cl)cc21)C(=O)NC3=O. The first kappa shape index (κ1) is 19.6. The molecule has 0 bridgehead atoms. The van der Waals surface area contributed by atoms with Gasteiger partial charge in [-0.05, 0) is 55.9 Å². The van der Waals surface area contributed by atoms with E-state index in [1.807, 2.05) is 37.4 Å². The summed E-state index contributed by atoms with van der Waals surface area (Å²) >= 11 is 6.47. The molecule has 0 saturated heterocycles. The van der Waals surface area contributed by atoms with E-state index in [0.717, 1.165) is 29.4 Å². The van der Waals surface area contributed by atoms with Gasteiger partial charge in [0.25, 0.3) is 11.8 Å². The molecule has 1 aliphatic rings. The Morgan fingerprint density at radius 3 is 2.55 bits per heavy atom. The number of benzene rings is 3. The van der Waals surface area contributed by atoms with E-state index < -0.39 is 11.8 Å². The third-order valence-corrected chi connectivity index (χ3v) is 6.12. The Bertz CT molecular complexity index is 1390. The van der Waals surface area contributed by atoms with Crippen LogP contribution in [0.15, 0.2) is 48.5 Å². The van der Waals surface area contributed by atoms with Crippen LogP contribution in [0.2, 0.25) is 5.02 Å². The number of fused-ring (bicyclic) bond motifs is 5. The van der Waals surface area contributed by atoms with Crippen LogP contribution < -0.4 is 10.6 Å². The van der Waals surface area contributed by atoms with Crippen LogP contribution in [0.25, 0.3) is 32.9 Å². The Kier molecular flexibility index (Phi) is 4.68. The summed E-state index contributed by atoms with van der Waals surface area (Å²) in [4.78, 5) is 25.7. The van der Waals surface area contributed by atoms with Crippen LogP contribution in [0.4, 0.5) is 0 Å². The minimum Gasteiger partial charge on any atom is -0.508 e. The predicted octanol–water partition coefficient (Wildman–Crippen LogP) is 4.31. The van der Waals surface area contributed by atoms with Gasteiger partial charge in [-0.2, -0.15) is 0 Å². The maximum atomic E-state index is 12.9.